The van der Waals surface area contributed by atoms with Crippen molar-refractivity contribution in [2.45, 2.75) is 83.4 Å². The monoisotopic (exact) mass is 483 g/mol. The molecule has 1 N–H and O–H groups in total. The van der Waals surface area contributed by atoms with Crippen LogP contribution < -0.4 is 5.32 Å². The zero-order chi connectivity index (χ0) is 25.4. The van der Waals surface area contributed by atoms with Crippen molar-refractivity contribution in [3.63, 3.8) is 0 Å². The van der Waals surface area contributed by atoms with Crippen LogP contribution in [0.3, 0.4) is 0 Å². The van der Waals surface area contributed by atoms with Gasteiger partial charge < -0.3 is 14.8 Å². The number of carbonyl (C=O) groups is 2. The van der Waals surface area contributed by atoms with Gasteiger partial charge in [-0.15, -0.1) is 6.58 Å². The van der Waals surface area contributed by atoms with Crippen LogP contribution >= 0.6 is 0 Å². The van der Waals surface area contributed by atoms with E-state index in [1.54, 1.807) is 59.8 Å². The minimum absolute atomic E-state index is 0.0426. The zero-order valence-corrected chi connectivity index (χ0v) is 21.5. The predicted octanol–water partition coefficient (Wildman–Crippen LogP) is 4.52. The summed E-state index contributed by atoms with van der Waals surface area (Å²) in [4.78, 5) is 25.1. The average molecular weight is 484 g/mol. The number of ether oxygens (including phenoxy) is 2. The SMILES string of the molecule is C=CC[C@H](COS(=O)(=O)c1ccc(C)cc1)C[C@H](NC(=O)OC(C)(C)C)C(=O)OC(C)(C)C. The second kappa shape index (κ2) is 11.7. The van der Waals surface area contributed by atoms with Crippen molar-refractivity contribution in [1.29, 1.82) is 0 Å². The van der Waals surface area contributed by atoms with Gasteiger partial charge in [0.05, 0.1) is 11.5 Å². The van der Waals surface area contributed by atoms with Gasteiger partial charge in [0.2, 0.25) is 0 Å². The fraction of sp³-hybridized carbons (Fsp3) is 0.583. The molecule has 0 aliphatic heterocycles. The number of alkyl carbamates (subject to hydrolysis) is 1. The van der Waals surface area contributed by atoms with Crippen LogP contribution in [-0.4, -0.2) is 44.3 Å². The Bertz CT molecular complexity index is 910. The molecule has 0 unspecified atom stereocenters. The van der Waals surface area contributed by atoms with Gasteiger partial charge in [0.25, 0.3) is 10.1 Å². The summed E-state index contributed by atoms with van der Waals surface area (Å²) in [5, 5.41) is 2.54. The van der Waals surface area contributed by atoms with Gasteiger partial charge in [-0.2, -0.15) is 8.42 Å². The number of nitrogens with one attached hydrogen (secondary N) is 1. The minimum atomic E-state index is -3.98. The number of esters is 1. The van der Waals surface area contributed by atoms with Crippen LogP contribution in [0, 0.1) is 12.8 Å². The molecule has 0 bridgehead atoms. The van der Waals surface area contributed by atoms with Gasteiger partial charge in [0.15, 0.2) is 0 Å². The number of aryl methyl sites for hydroxylation is 1. The third kappa shape index (κ3) is 11.3. The lowest BCUT2D eigenvalue weighted by Crippen LogP contribution is -2.47. The number of hydrogen-bond acceptors (Lipinski definition) is 7. The highest BCUT2D eigenvalue weighted by Gasteiger charge is 2.31. The van der Waals surface area contributed by atoms with E-state index in [9.17, 15) is 18.0 Å². The van der Waals surface area contributed by atoms with Crippen molar-refractivity contribution in [2.75, 3.05) is 6.61 Å². The molecule has 0 spiro atoms. The van der Waals surface area contributed by atoms with Gasteiger partial charge in [-0.25, -0.2) is 9.59 Å². The smallest absolute Gasteiger partial charge is 0.408 e. The molecule has 0 saturated carbocycles. The molecule has 2 atom stereocenters. The Labute approximate surface area is 197 Å². The number of amides is 1. The average Bonchev–Trinajstić information content (AvgIpc) is 2.63. The molecule has 0 radical (unpaired) electrons. The predicted molar refractivity (Wildman–Crippen MR) is 126 cm³/mol. The third-order valence-electron chi connectivity index (χ3n) is 4.22. The van der Waals surface area contributed by atoms with Crippen molar-refractivity contribution in [1.82, 2.24) is 5.32 Å². The van der Waals surface area contributed by atoms with Gasteiger partial charge in [0.1, 0.15) is 17.2 Å². The molecule has 1 aromatic rings. The van der Waals surface area contributed by atoms with E-state index in [4.69, 9.17) is 13.7 Å². The first-order valence-corrected chi connectivity index (χ1v) is 12.2. The Kier molecular flexibility index (Phi) is 10.1. The molecule has 0 heterocycles. The summed E-state index contributed by atoms with van der Waals surface area (Å²) < 4.78 is 41.1. The summed E-state index contributed by atoms with van der Waals surface area (Å²) in [6.45, 7) is 15.6. The van der Waals surface area contributed by atoms with Crippen molar-refractivity contribution in [3.05, 3.63) is 42.5 Å². The van der Waals surface area contributed by atoms with Crippen LogP contribution in [0.1, 0.15) is 59.9 Å². The Morgan fingerprint density at radius 2 is 1.58 bits per heavy atom. The summed E-state index contributed by atoms with van der Waals surface area (Å²) >= 11 is 0. The van der Waals surface area contributed by atoms with E-state index < -0.39 is 45.3 Å². The Balaban J connectivity index is 3.00. The Hall–Kier alpha value is -2.39. The highest BCUT2D eigenvalue weighted by Crippen LogP contribution is 2.20. The van der Waals surface area contributed by atoms with Crippen LogP contribution in [-0.2, 0) is 28.6 Å². The van der Waals surface area contributed by atoms with E-state index in [0.29, 0.717) is 6.42 Å². The summed E-state index contributed by atoms with van der Waals surface area (Å²) in [7, 11) is -3.98. The molecule has 1 aromatic carbocycles. The highest BCUT2D eigenvalue weighted by molar-refractivity contribution is 7.86. The molecule has 33 heavy (non-hydrogen) atoms. The number of carbonyl (C=O) groups excluding carboxylic acids is 2. The zero-order valence-electron chi connectivity index (χ0n) is 20.6. The molecule has 1 amide bonds. The lowest BCUT2D eigenvalue weighted by molar-refractivity contribution is -0.158. The van der Waals surface area contributed by atoms with Gasteiger partial charge in [-0.3, -0.25) is 4.18 Å². The molecule has 186 valence electrons. The normalized spacial score (nSPS) is 14.2. The number of hydrogen-bond donors (Lipinski definition) is 1. The van der Waals surface area contributed by atoms with E-state index in [-0.39, 0.29) is 17.9 Å². The highest BCUT2D eigenvalue weighted by atomic mass is 32.2. The summed E-state index contributed by atoms with van der Waals surface area (Å²) in [6, 6.07) is 5.25. The molecular formula is C24H37NO7S. The maximum Gasteiger partial charge on any atom is 0.408 e. The molecule has 0 aliphatic rings. The lowest BCUT2D eigenvalue weighted by atomic mass is 9.97. The standard InChI is InChI=1S/C24H37NO7S/c1-9-10-18(16-30-33(28,29)19-13-11-17(2)12-14-19)15-20(21(26)31-23(3,4)5)25-22(27)32-24(6,7)8/h9,11-14,18,20H,1,10,15-16H2,2-8H3,(H,25,27)/t18-,20-/m0/s1. The molecule has 0 saturated heterocycles. The molecule has 1 rings (SSSR count). The van der Waals surface area contributed by atoms with Gasteiger partial charge in [-0.05, 0) is 79.4 Å². The fourth-order valence-electron chi connectivity index (χ4n) is 2.80. The van der Waals surface area contributed by atoms with Gasteiger partial charge >= 0.3 is 12.1 Å². The maximum atomic E-state index is 12.8. The maximum absolute atomic E-state index is 12.8. The summed E-state index contributed by atoms with van der Waals surface area (Å²) in [5.74, 6) is -1.08. The second-order valence-corrected chi connectivity index (χ2v) is 11.5. The molecule has 0 aromatic heterocycles. The van der Waals surface area contributed by atoms with Crippen LogP contribution in [0.15, 0.2) is 41.8 Å². The number of benzene rings is 1. The van der Waals surface area contributed by atoms with Crippen LogP contribution in [0.5, 0.6) is 0 Å². The molecule has 0 fully saturated rings. The summed E-state index contributed by atoms with van der Waals surface area (Å²) in [6.07, 6.45) is 1.26. The van der Waals surface area contributed by atoms with Crippen LogP contribution in [0.4, 0.5) is 4.79 Å². The number of rotatable bonds is 10. The van der Waals surface area contributed by atoms with Crippen molar-refractivity contribution in [3.8, 4) is 0 Å². The second-order valence-electron chi connectivity index (χ2n) is 9.91. The van der Waals surface area contributed by atoms with Crippen LogP contribution in [0.25, 0.3) is 0 Å². The minimum Gasteiger partial charge on any atom is -0.458 e. The summed E-state index contributed by atoms with van der Waals surface area (Å²) in [5.41, 5.74) is -0.606. The van der Waals surface area contributed by atoms with E-state index in [2.05, 4.69) is 11.9 Å². The molecular weight excluding hydrogens is 446 g/mol. The third-order valence-corrected chi connectivity index (χ3v) is 5.52. The molecule has 9 heteroatoms. The Morgan fingerprint density at radius 3 is 2.06 bits per heavy atom. The first-order valence-electron chi connectivity index (χ1n) is 10.8. The first-order chi connectivity index (χ1) is 15.0. The lowest BCUT2D eigenvalue weighted by Gasteiger charge is -2.28. The quantitative estimate of drug-likeness (QED) is 0.296. The largest absolute Gasteiger partial charge is 0.458 e. The topological polar surface area (TPSA) is 108 Å². The van der Waals surface area contributed by atoms with Gasteiger partial charge in [-0.1, -0.05) is 23.8 Å². The van der Waals surface area contributed by atoms with Gasteiger partial charge in [0, 0.05) is 0 Å². The van der Waals surface area contributed by atoms with Crippen LogP contribution in [0.2, 0.25) is 0 Å². The Morgan fingerprint density at radius 1 is 1.03 bits per heavy atom. The van der Waals surface area contributed by atoms with Crippen molar-refractivity contribution >= 4 is 22.2 Å². The van der Waals surface area contributed by atoms with Crippen molar-refractivity contribution in [2.24, 2.45) is 5.92 Å². The number of allylic oxidation sites excluding steroid dienone is 1. The van der Waals surface area contributed by atoms with Crippen molar-refractivity contribution < 1.29 is 31.7 Å². The van der Waals surface area contributed by atoms with E-state index in [0.717, 1.165) is 5.56 Å². The molecule has 0 aliphatic carbocycles. The molecule has 8 nitrogen and oxygen atoms in total. The van der Waals surface area contributed by atoms with E-state index >= 15 is 0 Å². The first kappa shape index (κ1) is 28.6. The van der Waals surface area contributed by atoms with E-state index in [1.165, 1.54) is 12.1 Å². The van der Waals surface area contributed by atoms with E-state index in [1.807, 2.05) is 6.92 Å². The fourth-order valence-corrected chi connectivity index (χ4v) is 3.77.